The summed E-state index contributed by atoms with van der Waals surface area (Å²) in [5.41, 5.74) is 1.84. The van der Waals surface area contributed by atoms with Crippen LogP contribution in [0.3, 0.4) is 0 Å². The van der Waals surface area contributed by atoms with Gasteiger partial charge in [0, 0.05) is 6.04 Å². The second kappa shape index (κ2) is 7.41. The second-order valence-corrected chi connectivity index (χ2v) is 5.41. The minimum absolute atomic E-state index is 0.0615. The predicted molar refractivity (Wildman–Crippen MR) is 77.7 cm³/mol. The van der Waals surface area contributed by atoms with Crippen molar-refractivity contribution in [1.82, 2.24) is 5.32 Å². The van der Waals surface area contributed by atoms with Crippen LogP contribution in [0.25, 0.3) is 0 Å². The number of hydrogen-bond donors (Lipinski definition) is 2. The first-order chi connectivity index (χ1) is 9.69. The first-order valence-corrected chi connectivity index (χ1v) is 7.26. The fourth-order valence-electron chi connectivity index (χ4n) is 2.76. The average Bonchev–Trinajstić information content (AvgIpc) is 2.46. The molecule has 110 valence electrons. The summed E-state index contributed by atoms with van der Waals surface area (Å²) in [7, 11) is 2.01. The Morgan fingerprint density at radius 1 is 1.25 bits per heavy atom. The van der Waals surface area contributed by atoms with Crippen LogP contribution in [0, 0.1) is 0 Å². The van der Waals surface area contributed by atoms with E-state index in [9.17, 15) is 4.79 Å². The van der Waals surface area contributed by atoms with E-state index in [0.29, 0.717) is 18.8 Å². The maximum Gasteiger partial charge on any atom is 0.307 e. The van der Waals surface area contributed by atoms with Crippen molar-refractivity contribution in [2.45, 2.75) is 50.9 Å². The van der Waals surface area contributed by atoms with Crippen molar-refractivity contribution >= 4 is 5.97 Å². The highest BCUT2D eigenvalue weighted by atomic mass is 16.5. The van der Waals surface area contributed by atoms with Gasteiger partial charge in [0.1, 0.15) is 0 Å². The largest absolute Gasteiger partial charge is 0.481 e. The summed E-state index contributed by atoms with van der Waals surface area (Å²) >= 11 is 0. The molecule has 0 atom stereocenters. The van der Waals surface area contributed by atoms with Crippen LogP contribution in [0.15, 0.2) is 24.3 Å². The molecule has 1 aromatic carbocycles. The van der Waals surface area contributed by atoms with E-state index in [-0.39, 0.29) is 6.42 Å². The summed E-state index contributed by atoms with van der Waals surface area (Å²) in [5.74, 6) is -0.799. The topological polar surface area (TPSA) is 58.6 Å². The van der Waals surface area contributed by atoms with Crippen molar-refractivity contribution in [2.75, 3.05) is 7.05 Å². The third kappa shape index (κ3) is 4.32. The SMILES string of the molecule is CNC1CCC(OCc2ccccc2CC(=O)O)CC1. The van der Waals surface area contributed by atoms with Crippen molar-refractivity contribution < 1.29 is 14.6 Å². The van der Waals surface area contributed by atoms with Crippen LogP contribution < -0.4 is 5.32 Å². The second-order valence-electron chi connectivity index (χ2n) is 5.41. The van der Waals surface area contributed by atoms with E-state index >= 15 is 0 Å². The number of carbonyl (C=O) groups is 1. The first-order valence-electron chi connectivity index (χ1n) is 7.26. The molecule has 0 unspecified atom stereocenters. The molecule has 1 aliphatic carbocycles. The highest BCUT2D eigenvalue weighted by Gasteiger charge is 2.20. The lowest BCUT2D eigenvalue weighted by molar-refractivity contribution is -0.136. The van der Waals surface area contributed by atoms with Crippen molar-refractivity contribution in [1.29, 1.82) is 0 Å². The van der Waals surface area contributed by atoms with Gasteiger partial charge in [0.25, 0.3) is 0 Å². The van der Waals surface area contributed by atoms with Crippen LogP contribution in [-0.2, 0) is 22.6 Å². The van der Waals surface area contributed by atoms with Crippen molar-refractivity contribution in [3.05, 3.63) is 35.4 Å². The van der Waals surface area contributed by atoms with Gasteiger partial charge in [0.2, 0.25) is 0 Å². The average molecular weight is 277 g/mol. The molecule has 1 aromatic rings. The number of benzene rings is 1. The molecule has 2 N–H and O–H groups in total. The maximum absolute atomic E-state index is 10.8. The van der Waals surface area contributed by atoms with Gasteiger partial charge in [-0.25, -0.2) is 0 Å². The monoisotopic (exact) mass is 277 g/mol. The fourth-order valence-corrected chi connectivity index (χ4v) is 2.76. The molecule has 0 bridgehead atoms. The highest BCUT2D eigenvalue weighted by Crippen LogP contribution is 2.22. The molecule has 1 saturated carbocycles. The molecule has 2 rings (SSSR count). The zero-order chi connectivity index (χ0) is 14.4. The number of ether oxygens (including phenoxy) is 1. The van der Waals surface area contributed by atoms with Crippen LogP contribution in [0.5, 0.6) is 0 Å². The lowest BCUT2D eigenvalue weighted by Gasteiger charge is -2.28. The van der Waals surface area contributed by atoms with Gasteiger partial charge in [0.15, 0.2) is 0 Å². The van der Waals surface area contributed by atoms with Crippen molar-refractivity contribution in [2.24, 2.45) is 0 Å². The zero-order valence-electron chi connectivity index (χ0n) is 12.0. The Morgan fingerprint density at radius 3 is 2.50 bits per heavy atom. The number of aliphatic carboxylic acids is 1. The van der Waals surface area contributed by atoms with Gasteiger partial charge in [-0.2, -0.15) is 0 Å². The van der Waals surface area contributed by atoms with Crippen LogP contribution in [-0.4, -0.2) is 30.3 Å². The molecule has 1 fully saturated rings. The number of nitrogens with one attached hydrogen (secondary N) is 1. The molecule has 0 heterocycles. The van der Waals surface area contributed by atoms with Crippen molar-refractivity contribution in [3.8, 4) is 0 Å². The van der Waals surface area contributed by atoms with Gasteiger partial charge >= 0.3 is 5.97 Å². The van der Waals surface area contributed by atoms with Gasteiger partial charge < -0.3 is 15.2 Å². The summed E-state index contributed by atoms with van der Waals surface area (Å²) in [6.45, 7) is 0.512. The third-order valence-corrected chi connectivity index (χ3v) is 4.02. The summed E-state index contributed by atoms with van der Waals surface area (Å²) in [6.07, 6.45) is 4.82. The molecule has 0 amide bonds. The summed E-state index contributed by atoms with van der Waals surface area (Å²) in [6, 6.07) is 8.25. The molecule has 0 aliphatic heterocycles. The molecule has 4 heteroatoms. The van der Waals surface area contributed by atoms with Crippen LogP contribution in [0.4, 0.5) is 0 Å². The maximum atomic E-state index is 10.8. The van der Waals surface area contributed by atoms with Crippen LogP contribution >= 0.6 is 0 Å². The Labute approximate surface area is 120 Å². The Balaban J connectivity index is 1.86. The summed E-state index contributed by atoms with van der Waals surface area (Å²) in [5, 5.41) is 12.2. The van der Waals surface area contributed by atoms with E-state index in [4.69, 9.17) is 9.84 Å². The van der Waals surface area contributed by atoms with Gasteiger partial charge in [-0.15, -0.1) is 0 Å². The Bertz CT molecular complexity index is 439. The highest BCUT2D eigenvalue weighted by molar-refractivity contribution is 5.70. The molecule has 1 aliphatic rings. The zero-order valence-corrected chi connectivity index (χ0v) is 12.0. The smallest absolute Gasteiger partial charge is 0.307 e. The first kappa shape index (κ1) is 15.0. The molecular formula is C16H23NO3. The van der Waals surface area contributed by atoms with E-state index in [0.717, 1.165) is 36.8 Å². The Morgan fingerprint density at radius 2 is 1.90 bits per heavy atom. The minimum Gasteiger partial charge on any atom is -0.481 e. The lowest BCUT2D eigenvalue weighted by atomic mass is 9.93. The van der Waals surface area contributed by atoms with E-state index < -0.39 is 5.97 Å². The van der Waals surface area contributed by atoms with E-state index in [1.54, 1.807) is 0 Å². The standard InChI is InChI=1S/C16H23NO3/c1-17-14-6-8-15(9-7-14)20-11-13-5-3-2-4-12(13)10-16(18)19/h2-5,14-15,17H,6-11H2,1H3,(H,18,19). The fraction of sp³-hybridized carbons (Fsp3) is 0.562. The number of carboxylic acids is 1. The molecule has 0 spiro atoms. The summed E-state index contributed by atoms with van der Waals surface area (Å²) in [4.78, 5) is 10.8. The van der Waals surface area contributed by atoms with Crippen LogP contribution in [0.2, 0.25) is 0 Å². The number of hydrogen-bond acceptors (Lipinski definition) is 3. The van der Waals surface area contributed by atoms with Gasteiger partial charge in [-0.3, -0.25) is 4.79 Å². The number of rotatable bonds is 6. The van der Waals surface area contributed by atoms with Crippen LogP contribution in [0.1, 0.15) is 36.8 Å². The molecule has 20 heavy (non-hydrogen) atoms. The molecule has 0 radical (unpaired) electrons. The quantitative estimate of drug-likeness (QED) is 0.838. The molecule has 0 saturated heterocycles. The van der Waals surface area contributed by atoms with E-state index in [1.165, 1.54) is 0 Å². The van der Waals surface area contributed by atoms with Crippen molar-refractivity contribution in [3.63, 3.8) is 0 Å². The Hall–Kier alpha value is -1.39. The Kier molecular flexibility index (Phi) is 5.56. The van der Waals surface area contributed by atoms with Gasteiger partial charge in [-0.05, 0) is 43.9 Å². The normalized spacial score (nSPS) is 22.6. The van der Waals surface area contributed by atoms with Gasteiger partial charge in [-0.1, -0.05) is 24.3 Å². The number of carboxylic acid groups (broad SMARTS) is 1. The lowest BCUT2D eigenvalue weighted by Crippen LogP contribution is -2.32. The predicted octanol–water partition coefficient (Wildman–Crippen LogP) is 2.36. The van der Waals surface area contributed by atoms with Gasteiger partial charge in [0.05, 0.1) is 19.1 Å². The molecule has 0 aromatic heterocycles. The van der Waals surface area contributed by atoms with E-state index in [1.807, 2.05) is 31.3 Å². The molecular weight excluding hydrogens is 254 g/mol. The van der Waals surface area contributed by atoms with E-state index in [2.05, 4.69) is 5.32 Å². The third-order valence-electron chi connectivity index (χ3n) is 4.02. The minimum atomic E-state index is -0.799. The molecule has 4 nitrogen and oxygen atoms in total. The summed E-state index contributed by atoms with van der Waals surface area (Å²) < 4.78 is 5.96.